The maximum Gasteiger partial charge on any atom is 0.244 e. The van der Waals surface area contributed by atoms with Crippen molar-refractivity contribution in [1.82, 2.24) is 14.9 Å². The lowest BCUT2D eigenvalue weighted by atomic mass is 9.97. The van der Waals surface area contributed by atoms with E-state index in [4.69, 9.17) is 0 Å². The van der Waals surface area contributed by atoms with E-state index in [9.17, 15) is 14.4 Å². The van der Waals surface area contributed by atoms with E-state index in [1.165, 1.54) is 0 Å². The second kappa shape index (κ2) is 11.7. The Kier molecular flexibility index (Phi) is 8.21. The molecule has 3 aromatic rings. The molecular weight excluding hydrogens is 478 g/mol. The minimum atomic E-state index is -0.146. The Labute approximate surface area is 222 Å². The lowest BCUT2D eigenvalue weighted by Crippen LogP contribution is -2.26. The summed E-state index contributed by atoms with van der Waals surface area (Å²) in [4.78, 5) is 39.6. The van der Waals surface area contributed by atoms with Gasteiger partial charge in [-0.25, -0.2) is 4.98 Å². The highest BCUT2D eigenvalue weighted by atomic mass is 16.2. The summed E-state index contributed by atoms with van der Waals surface area (Å²) < 4.78 is 1.96. The number of pyridine rings is 1. The van der Waals surface area contributed by atoms with Gasteiger partial charge in [0, 0.05) is 42.1 Å². The third-order valence-electron chi connectivity index (χ3n) is 7.09. The van der Waals surface area contributed by atoms with Gasteiger partial charge >= 0.3 is 0 Å². The molecular formula is C30H33N5O3. The Morgan fingerprint density at radius 1 is 1.21 bits per heavy atom. The van der Waals surface area contributed by atoms with E-state index in [1.807, 2.05) is 67.9 Å². The average molecular weight is 512 g/mol. The first-order chi connectivity index (χ1) is 18.4. The monoisotopic (exact) mass is 511 g/mol. The highest BCUT2D eigenvalue weighted by molar-refractivity contribution is 5.98. The highest BCUT2D eigenvalue weighted by Crippen LogP contribution is 2.42. The van der Waals surface area contributed by atoms with Crippen molar-refractivity contribution in [3.8, 4) is 0 Å². The second-order valence-corrected chi connectivity index (χ2v) is 9.47. The Hall–Kier alpha value is -4.46. The maximum absolute atomic E-state index is 13.0. The predicted molar refractivity (Wildman–Crippen MR) is 151 cm³/mol. The van der Waals surface area contributed by atoms with Crippen LogP contribution >= 0.6 is 0 Å². The Bertz CT molecular complexity index is 1460. The molecule has 38 heavy (non-hydrogen) atoms. The summed E-state index contributed by atoms with van der Waals surface area (Å²) in [5.41, 5.74) is 7.53. The van der Waals surface area contributed by atoms with Crippen molar-refractivity contribution in [3.05, 3.63) is 88.9 Å². The zero-order valence-corrected chi connectivity index (χ0v) is 22.0. The van der Waals surface area contributed by atoms with Gasteiger partial charge in [0.25, 0.3) is 0 Å². The number of aromatic nitrogens is 2. The first-order valence-electron chi connectivity index (χ1n) is 12.6. The van der Waals surface area contributed by atoms with Crippen molar-refractivity contribution in [3.63, 3.8) is 0 Å². The molecule has 1 atom stereocenters. The number of nitrogens with zero attached hydrogens (tertiary/aromatic N) is 2. The number of fused-ring (bicyclic) bond motifs is 1. The number of rotatable bonds is 10. The van der Waals surface area contributed by atoms with E-state index in [-0.39, 0.29) is 18.4 Å². The molecule has 1 aromatic carbocycles. The number of nitrogens with one attached hydrogen (secondary N) is 3. The summed E-state index contributed by atoms with van der Waals surface area (Å²) >= 11 is 0. The van der Waals surface area contributed by atoms with Crippen molar-refractivity contribution in [1.29, 1.82) is 0 Å². The first-order valence-corrected chi connectivity index (χ1v) is 12.6. The van der Waals surface area contributed by atoms with E-state index >= 15 is 0 Å². The summed E-state index contributed by atoms with van der Waals surface area (Å²) in [5, 5.41) is 9.82. The van der Waals surface area contributed by atoms with Crippen LogP contribution in [0.4, 0.5) is 11.5 Å². The smallest absolute Gasteiger partial charge is 0.244 e. The van der Waals surface area contributed by atoms with Crippen LogP contribution in [0.15, 0.2) is 72.1 Å². The third-order valence-corrected chi connectivity index (χ3v) is 7.09. The number of anilines is 2. The average Bonchev–Trinajstić information content (AvgIpc) is 3.40. The minimum Gasteiger partial charge on any atom is -0.388 e. The van der Waals surface area contributed by atoms with Gasteiger partial charge in [0.2, 0.25) is 12.3 Å². The van der Waals surface area contributed by atoms with Crippen LogP contribution in [0, 0.1) is 6.92 Å². The number of benzene rings is 1. The molecule has 2 aromatic heterocycles. The number of amides is 2. The van der Waals surface area contributed by atoms with Gasteiger partial charge in [-0.1, -0.05) is 30.4 Å². The first kappa shape index (κ1) is 26.6. The van der Waals surface area contributed by atoms with Gasteiger partial charge in [0.1, 0.15) is 18.6 Å². The van der Waals surface area contributed by atoms with Crippen molar-refractivity contribution in [2.75, 3.05) is 17.7 Å². The topological polar surface area (TPSA) is 105 Å². The third kappa shape index (κ3) is 5.44. The Morgan fingerprint density at radius 3 is 2.76 bits per heavy atom. The van der Waals surface area contributed by atoms with Crippen LogP contribution in [0.25, 0.3) is 10.9 Å². The lowest BCUT2D eigenvalue weighted by Gasteiger charge is -2.12. The van der Waals surface area contributed by atoms with Gasteiger partial charge in [0.05, 0.1) is 5.52 Å². The molecule has 1 aliphatic carbocycles. The minimum absolute atomic E-state index is 0.137. The standard InChI is InChI=1S/C30H33N5O3/c1-19-15-23(25-7-6-13-32-30(25)33-18-37)16-22(19)11-10-20(2)34-28(38)17-35-21(3)24(12-14-36)29-26(31-4)8-5-9-27(29)35/h5-11,13-14,18,23,31H,1,12,15-17H2,2-4H3,(H,34,38)(H,32,33,37)/b20-10+,22-11-. The molecule has 8 nitrogen and oxygen atoms in total. The van der Waals surface area contributed by atoms with E-state index in [0.29, 0.717) is 18.6 Å². The molecule has 2 amide bonds. The molecule has 4 rings (SSSR count). The van der Waals surface area contributed by atoms with Crippen molar-refractivity contribution in [2.45, 2.75) is 45.6 Å². The summed E-state index contributed by atoms with van der Waals surface area (Å²) in [6.07, 6.45) is 8.94. The number of hydrogen-bond acceptors (Lipinski definition) is 5. The summed E-state index contributed by atoms with van der Waals surface area (Å²) in [6, 6.07) is 9.73. The number of hydrogen-bond donors (Lipinski definition) is 3. The van der Waals surface area contributed by atoms with E-state index < -0.39 is 0 Å². The molecule has 0 bridgehead atoms. The van der Waals surface area contributed by atoms with Gasteiger partial charge in [-0.05, 0) is 73.6 Å². The Morgan fingerprint density at radius 2 is 2.03 bits per heavy atom. The molecule has 0 radical (unpaired) electrons. The molecule has 0 aliphatic heterocycles. The number of carbonyl (C=O) groups excluding carboxylic acids is 3. The molecule has 196 valence electrons. The van der Waals surface area contributed by atoms with Crippen molar-refractivity contribution in [2.24, 2.45) is 0 Å². The fourth-order valence-corrected chi connectivity index (χ4v) is 5.26. The largest absolute Gasteiger partial charge is 0.388 e. The summed E-state index contributed by atoms with van der Waals surface area (Å²) in [7, 11) is 1.85. The fourth-order valence-electron chi connectivity index (χ4n) is 5.26. The van der Waals surface area contributed by atoms with Crippen LogP contribution in [0.3, 0.4) is 0 Å². The van der Waals surface area contributed by atoms with Crippen LogP contribution in [0.5, 0.6) is 0 Å². The molecule has 1 fully saturated rings. The molecule has 0 saturated heterocycles. The molecule has 1 unspecified atom stereocenters. The number of allylic oxidation sites excluding steroid dienone is 5. The van der Waals surface area contributed by atoms with Gasteiger partial charge in [0.15, 0.2) is 0 Å². The second-order valence-electron chi connectivity index (χ2n) is 9.47. The zero-order chi connectivity index (χ0) is 27.2. The predicted octanol–water partition coefficient (Wildman–Crippen LogP) is 4.78. The summed E-state index contributed by atoms with van der Waals surface area (Å²) in [6.45, 7) is 8.16. The number of aldehydes is 1. The quantitative estimate of drug-likeness (QED) is 0.340. The maximum atomic E-state index is 13.0. The van der Waals surface area contributed by atoms with Crippen LogP contribution in [-0.2, 0) is 27.3 Å². The van der Waals surface area contributed by atoms with Crippen LogP contribution in [0.1, 0.15) is 42.5 Å². The lowest BCUT2D eigenvalue weighted by molar-refractivity contribution is -0.121. The molecule has 3 N–H and O–H groups in total. The molecule has 8 heteroatoms. The molecule has 2 heterocycles. The van der Waals surface area contributed by atoms with Crippen molar-refractivity contribution < 1.29 is 14.4 Å². The van der Waals surface area contributed by atoms with Crippen LogP contribution < -0.4 is 16.0 Å². The molecule has 1 aliphatic rings. The highest BCUT2D eigenvalue weighted by Gasteiger charge is 2.26. The fraction of sp³-hybridized carbons (Fsp3) is 0.267. The number of carbonyl (C=O) groups is 3. The van der Waals surface area contributed by atoms with Gasteiger partial charge in [-0.15, -0.1) is 0 Å². The van der Waals surface area contributed by atoms with Gasteiger partial charge in [-0.2, -0.15) is 0 Å². The van der Waals surface area contributed by atoms with Crippen molar-refractivity contribution >= 4 is 41.0 Å². The summed E-state index contributed by atoms with van der Waals surface area (Å²) in [5.74, 6) is 0.612. The van der Waals surface area contributed by atoms with Crippen LogP contribution in [-0.4, -0.2) is 35.2 Å². The van der Waals surface area contributed by atoms with Gasteiger partial charge < -0.3 is 25.3 Å². The Balaban J connectivity index is 1.48. The van der Waals surface area contributed by atoms with Crippen LogP contribution in [0.2, 0.25) is 0 Å². The zero-order valence-electron chi connectivity index (χ0n) is 22.0. The molecule has 1 saturated carbocycles. The SMILES string of the molecule is C=C1CC(c2cccnc2NC=O)C/C1=C/C=C(\C)NC(=O)Cn1c(C)c(CC=O)c2c(NC)cccc21. The van der Waals surface area contributed by atoms with E-state index in [1.54, 1.807) is 6.20 Å². The molecule has 0 spiro atoms. The van der Waals surface area contributed by atoms with Gasteiger partial charge in [-0.3, -0.25) is 9.59 Å². The van der Waals surface area contributed by atoms with E-state index in [0.717, 1.165) is 69.4 Å². The normalized spacial score (nSPS) is 16.6. The van der Waals surface area contributed by atoms with E-state index in [2.05, 4.69) is 27.5 Å².